The number of carbonyl (C=O) groups excluding carboxylic acids is 2. The van der Waals surface area contributed by atoms with Crippen LogP contribution in [-0.2, 0) is 11.2 Å². The Bertz CT molecular complexity index is 1130. The molecule has 0 unspecified atom stereocenters. The molecule has 1 heterocycles. The highest BCUT2D eigenvalue weighted by molar-refractivity contribution is 5.95. The molecule has 1 saturated heterocycles. The Hall–Kier alpha value is -3.60. The zero-order valence-corrected chi connectivity index (χ0v) is 19.5. The van der Waals surface area contributed by atoms with E-state index >= 15 is 0 Å². The van der Waals surface area contributed by atoms with Crippen molar-refractivity contribution < 1.29 is 9.59 Å². The number of likely N-dealkylation sites (tertiary alicyclic amines) is 1. The van der Waals surface area contributed by atoms with Crippen molar-refractivity contribution >= 4 is 17.5 Å². The van der Waals surface area contributed by atoms with Crippen LogP contribution in [0.1, 0.15) is 22.3 Å². The highest BCUT2D eigenvalue weighted by Crippen LogP contribution is 2.36. The van der Waals surface area contributed by atoms with Crippen molar-refractivity contribution in [2.24, 2.45) is 5.41 Å². The number of amides is 2. The van der Waals surface area contributed by atoms with Crippen LogP contribution in [0.2, 0.25) is 0 Å². The average molecular weight is 442 g/mol. The first kappa shape index (κ1) is 22.6. The Morgan fingerprint density at radius 1 is 0.939 bits per heavy atom. The molecule has 1 atom stereocenters. The molecule has 4 rings (SSSR count). The number of nitrogens with one attached hydrogen (secondary N) is 1. The molecule has 5 heteroatoms. The summed E-state index contributed by atoms with van der Waals surface area (Å²) in [4.78, 5) is 30.1. The fourth-order valence-corrected chi connectivity index (χ4v) is 4.69. The number of hydrogen-bond acceptors (Lipinski definition) is 3. The highest BCUT2D eigenvalue weighted by atomic mass is 16.2. The van der Waals surface area contributed by atoms with Crippen molar-refractivity contribution in [2.75, 3.05) is 39.1 Å². The summed E-state index contributed by atoms with van der Waals surface area (Å²) < 4.78 is 0. The van der Waals surface area contributed by atoms with E-state index in [2.05, 4.69) is 35.6 Å². The minimum Gasteiger partial charge on any atom is -0.378 e. The van der Waals surface area contributed by atoms with E-state index in [0.29, 0.717) is 31.5 Å². The van der Waals surface area contributed by atoms with Crippen molar-refractivity contribution in [3.63, 3.8) is 0 Å². The van der Waals surface area contributed by atoms with E-state index in [4.69, 9.17) is 0 Å². The maximum atomic E-state index is 13.2. The number of carbonyl (C=O) groups is 2. The Kier molecular flexibility index (Phi) is 6.50. The topological polar surface area (TPSA) is 52.7 Å². The molecule has 0 aliphatic carbocycles. The lowest BCUT2D eigenvalue weighted by atomic mass is 9.79. The smallest absolute Gasteiger partial charge is 0.253 e. The number of nitrogens with zero attached hydrogens (tertiary/aromatic N) is 2. The molecule has 3 aromatic carbocycles. The molecule has 2 amide bonds. The standard InChI is InChI=1S/C28H31N3O2/c1-29-27(33)28(19-21-8-7-11-24(18-21)22-9-5-4-6-10-22)16-17-31(20-28)26(32)23-12-14-25(15-13-23)30(2)3/h4-15,18H,16-17,19-20H2,1-3H3,(H,29,33)/t28-/m0/s1. The van der Waals surface area contributed by atoms with Crippen LogP contribution < -0.4 is 10.2 Å². The van der Waals surface area contributed by atoms with E-state index in [1.807, 2.05) is 72.4 Å². The molecule has 170 valence electrons. The molecular weight excluding hydrogens is 410 g/mol. The zero-order valence-electron chi connectivity index (χ0n) is 19.5. The maximum Gasteiger partial charge on any atom is 0.253 e. The highest BCUT2D eigenvalue weighted by Gasteiger charge is 2.45. The summed E-state index contributed by atoms with van der Waals surface area (Å²) in [5.41, 5.74) is 4.45. The van der Waals surface area contributed by atoms with E-state index in [-0.39, 0.29) is 11.8 Å². The van der Waals surface area contributed by atoms with E-state index in [1.54, 1.807) is 7.05 Å². The first-order valence-corrected chi connectivity index (χ1v) is 11.3. The van der Waals surface area contributed by atoms with Gasteiger partial charge in [-0.25, -0.2) is 0 Å². The van der Waals surface area contributed by atoms with E-state index in [0.717, 1.165) is 22.4 Å². The fourth-order valence-electron chi connectivity index (χ4n) is 4.69. The maximum absolute atomic E-state index is 13.2. The summed E-state index contributed by atoms with van der Waals surface area (Å²) in [6, 6.07) is 26.2. The first-order valence-electron chi connectivity index (χ1n) is 11.3. The van der Waals surface area contributed by atoms with Gasteiger partial charge in [0.1, 0.15) is 0 Å². The lowest BCUT2D eigenvalue weighted by molar-refractivity contribution is -0.129. The van der Waals surface area contributed by atoms with Gasteiger partial charge in [0.05, 0.1) is 5.41 Å². The minimum atomic E-state index is -0.636. The molecule has 0 aromatic heterocycles. The number of anilines is 1. The Morgan fingerprint density at radius 2 is 1.64 bits per heavy atom. The summed E-state index contributed by atoms with van der Waals surface area (Å²) >= 11 is 0. The summed E-state index contributed by atoms with van der Waals surface area (Å²) in [6.45, 7) is 0.983. The summed E-state index contributed by atoms with van der Waals surface area (Å²) in [7, 11) is 5.62. The molecule has 0 radical (unpaired) electrons. The molecule has 33 heavy (non-hydrogen) atoms. The van der Waals surface area contributed by atoms with Gasteiger partial charge >= 0.3 is 0 Å². The van der Waals surface area contributed by atoms with E-state index < -0.39 is 5.41 Å². The Balaban J connectivity index is 1.55. The molecule has 1 N–H and O–H groups in total. The zero-order chi connectivity index (χ0) is 23.4. The van der Waals surface area contributed by atoms with Crippen LogP contribution in [0.15, 0.2) is 78.9 Å². The van der Waals surface area contributed by atoms with Crippen molar-refractivity contribution in [1.82, 2.24) is 10.2 Å². The third-order valence-electron chi connectivity index (χ3n) is 6.56. The Morgan fingerprint density at radius 3 is 2.30 bits per heavy atom. The lowest BCUT2D eigenvalue weighted by Gasteiger charge is -2.28. The summed E-state index contributed by atoms with van der Waals surface area (Å²) in [5, 5.41) is 2.85. The molecule has 1 fully saturated rings. The fraction of sp³-hybridized carbons (Fsp3) is 0.286. The second-order valence-corrected chi connectivity index (χ2v) is 9.02. The van der Waals surface area contributed by atoms with Gasteiger partial charge in [-0.15, -0.1) is 0 Å². The van der Waals surface area contributed by atoms with Gasteiger partial charge in [-0.2, -0.15) is 0 Å². The third-order valence-corrected chi connectivity index (χ3v) is 6.56. The van der Waals surface area contributed by atoms with Gasteiger partial charge in [0.25, 0.3) is 5.91 Å². The molecule has 0 spiro atoms. The molecular formula is C28H31N3O2. The summed E-state index contributed by atoms with van der Waals surface area (Å²) in [5.74, 6) is -0.0324. The van der Waals surface area contributed by atoms with Crippen molar-refractivity contribution in [3.8, 4) is 11.1 Å². The molecule has 3 aromatic rings. The average Bonchev–Trinajstić information content (AvgIpc) is 3.29. The molecule has 5 nitrogen and oxygen atoms in total. The van der Waals surface area contributed by atoms with Crippen LogP contribution in [0.25, 0.3) is 11.1 Å². The van der Waals surface area contributed by atoms with E-state index in [1.165, 1.54) is 0 Å². The quantitative estimate of drug-likeness (QED) is 0.623. The van der Waals surface area contributed by atoms with Crippen LogP contribution >= 0.6 is 0 Å². The van der Waals surface area contributed by atoms with Crippen LogP contribution in [0.4, 0.5) is 5.69 Å². The largest absolute Gasteiger partial charge is 0.378 e. The van der Waals surface area contributed by atoms with Crippen molar-refractivity contribution in [2.45, 2.75) is 12.8 Å². The van der Waals surface area contributed by atoms with Crippen molar-refractivity contribution in [1.29, 1.82) is 0 Å². The van der Waals surface area contributed by atoms with Gasteiger partial charge in [-0.05, 0) is 53.8 Å². The van der Waals surface area contributed by atoms with Crippen LogP contribution in [0, 0.1) is 5.41 Å². The molecule has 0 bridgehead atoms. The lowest BCUT2D eigenvalue weighted by Crippen LogP contribution is -2.44. The number of rotatable bonds is 6. The van der Waals surface area contributed by atoms with Crippen LogP contribution in [0.3, 0.4) is 0 Å². The first-order chi connectivity index (χ1) is 15.9. The normalized spacial score (nSPS) is 17.6. The predicted octanol–water partition coefficient (Wildman–Crippen LogP) is 4.24. The number of benzene rings is 3. The SMILES string of the molecule is CNC(=O)[C@]1(Cc2cccc(-c3ccccc3)c2)CCN(C(=O)c2ccc(N(C)C)cc2)C1. The Labute approximate surface area is 196 Å². The number of hydrogen-bond donors (Lipinski definition) is 1. The monoisotopic (exact) mass is 441 g/mol. The van der Waals surface area contributed by atoms with Crippen molar-refractivity contribution in [3.05, 3.63) is 90.0 Å². The van der Waals surface area contributed by atoms with Gasteiger partial charge in [-0.1, -0.05) is 54.6 Å². The van der Waals surface area contributed by atoms with Gasteiger partial charge in [0.2, 0.25) is 5.91 Å². The van der Waals surface area contributed by atoms with Gasteiger partial charge in [0.15, 0.2) is 0 Å². The molecule has 1 aliphatic heterocycles. The van der Waals surface area contributed by atoms with Gasteiger partial charge in [-0.3, -0.25) is 9.59 Å². The third kappa shape index (κ3) is 4.77. The van der Waals surface area contributed by atoms with E-state index in [9.17, 15) is 9.59 Å². The van der Waals surface area contributed by atoms with Gasteiger partial charge < -0.3 is 15.1 Å². The second kappa shape index (κ2) is 9.49. The van der Waals surface area contributed by atoms with Gasteiger partial charge in [0, 0.05) is 45.5 Å². The minimum absolute atomic E-state index is 0.00845. The predicted molar refractivity (Wildman–Crippen MR) is 133 cm³/mol. The van der Waals surface area contributed by atoms with Crippen LogP contribution in [-0.4, -0.2) is 50.9 Å². The molecule has 1 aliphatic rings. The second-order valence-electron chi connectivity index (χ2n) is 9.02. The van der Waals surface area contributed by atoms with Crippen LogP contribution in [0.5, 0.6) is 0 Å². The summed E-state index contributed by atoms with van der Waals surface area (Å²) in [6.07, 6.45) is 1.24. The molecule has 0 saturated carbocycles.